The molecule has 1 amide bonds. The summed E-state index contributed by atoms with van der Waals surface area (Å²) in [6.45, 7) is 2.62. The molecule has 0 N–H and O–H groups in total. The first-order chi connectivity index (χ1) is 11.9. The van der Waals surface area contributed by atoms with Crippen LogP contribution in [0.15, 0.2) is 42.5 Å². The van der Waals surface area contributed by atoms with Crippen LogP contribution in [-0.4, -0.2) is 43.0 Å². The number of benzene rings is 2. The third-order valence-electron chi connectivity index (χ3n) is 3.75. The second-order valence-corrected chi connectivity index (χ2v) is 5.48. The molecule has 0 heterocycles. The minimum atomic E-state index is -0.573. The van der Waals surface area contributed by atoms with E-state index in [1.165, 1.54) is 30.2 Å². The molecule has 2 rings (SSSR count). The monoisotopic (exact) mass is 344 g/mol. The van der Waals surface area contributed by atoms with Gasteiger partial charge in [0.25, 0.3) is 5.91 Å². The van der Waals surface area contributed by atoms with Gasteiger partial charge in [0.15, 0.2) is 5.75 Å². The zero-order valence-electron chi connectivity index (χ0n) is 14.4. The molecular weight excluding hydrogens is 324 g/mol. The lowest BCUT2D eigenvalue weighted by Gasteiger charge is -2.18. The third kappa shape index (κ3) is 4.47. The zero-order chi connectivity index (χ0) is 18.4. The summed E-state index contributed by atoms with van der Waals surface area (Å²) in [5.41, 5.74) is 1.01. The van der Waals surface area contributed by atoms with E-state index >= 15 is 0 Å². The standard InChI is InChI=1S/C18H20N2O5/c1-13-6-4-5-7-16(13)25-11-10-19(2)18(21)14-8-9-17(24-3)15(12-14)20(22)23/h4-9,12H,10-11H2,1-3H3. The van der Waals surface area contributed by atoms with Crippen molar-refractivity contribution in [2.45, 2.75) is 6.92 Å². The molecule has 0 bridgehead atoms. The summed E-state index contributed by atoms with van der Waals surface area (Å²) < 4.78 is 10.6. The summed E-state index contributed by atoms with van der Waals surface area (Å²) >= 11 is 0. The number of rotatable bonds is 7. The average Bonchev–Trinajstić information content (AvgIpc) is 2.61. The van der Waals surface area contributed by atoms with Crippen molar-refractivity contribution < 1.29 is 19.2 Å². The van der Waals surface area contributed by atoms with Crippen LogP contribution in [0.2, 0.25) is 0 Å². The van der Waals surface area contributed by atoms with E-state index in [1.54, 1.807) is 7.05 Å². The maximum Gasteiger partial charge on any atom is 0.311 e. The summed E-state index contributed by atoms with van der Waals surface area (Å²) in [5.74, 6) is 0.565. The molecule has 0 fully saturated rings. The highest BCUT2D eigenvalue weighted by Gasteiger charge is 2.20. The lowest BCUT2D eigenvalue weighted by molar-refractivity contribution is -0.385. The Morgan fingerprint density at radius 2 is 1.92 bits per heavy atom. The average molecular weight is 344 g/mol. The highest BCUT2D eigenvalue weighted by molar-refractivity contribution is 5.95. The molecule has 0 saturated carbocycles. The van der Waals surface area contributed by atoms with Crippen LogP contribution in [0, 0.1) is 17.0 Å². The number of likely N-dealkylation sites (N-methyl/N-ethyl adjacent to an activating group) is 1. The van der Waals surface area contributed by atoms with Crippen LogP contribution in [0.25, 0.3) is 0 Å². The number of para-hydroxylation sites is 1. The molecule has 25 heavy (non-hydrogen) atoms. The topological polar surface area (TPSA) is 81.9 Å². The number of carbonyl (C=O) groups is 1. The molecule has 0 atom stereocenters. The molecule has 7 heteroatoms. The fraction of sp³-hybridized carbons (Fsp3) is 0.278. The largest absolute Gasteiger partial charge is 0.491 e. The van der Waals surface area contributed by atoms with E-state index in [1.807, 2.05) is 31.2 Å². The van der Waals surface area contributed by atoms with Gasteiger partial charge in [-0.15, -0.1) is 0 Å². The van der Waals surface area contributed by atoms with Crippen molar-refractivity contribution in [2.24, 2.45) is 0 Å². The number of hydrogen-bond acceptors (Lipinski definition) is 5. The van der Waals surface area contributed by atoms with Crippen LogP contribution in [0.4, 0.5) is 5.69 Å². The predicted octanol–water partition coefficient (Wildman–Crippen LogP) is 3.06. The molecule has 2 aromatic rings. The Hall–Kier alpha value is -3.09. The van der Waals surface area contributed by atoms with E-state index in [4.69, 9.17) is 9.47 Å². The minimum Gasteiger partial charge on any atom is -0.491 e. The van der Waals surface area contributed by atoms with Crippen molar-refractivity contribution >= 4 is 11.6 Å². The smallest absolute Gasteiger partial charge is 0.311 e. The van der Waals surface area contributed by atoms with Crippen LogP contribution in [0.3, 0.4) is 0 Å². The van der Waals surface area contributed by atoms with Gasteiger partial charge in [0.2, 0.25) is 0 Å². The number of nitro groups is 1. The first-order valence-corrected chi connectivity index (χ1v) is 7.70. The molecule has 0 aromatic heterocycles. The Morgan fingerprint density at radius 3 is 2.56 bits per heavy atom. The minimum absolute atomic E-state index is 0.118. The molecule has 0 aliphatic heterocycles. The van der Waals surface area contributed by atoms with Gasteiger partial charge in [0, 0.05) is 18.7 Å². The maximum atomic E-state index is 12.4. The van der Waals surface area contributed by atoms with Crippen molar-refractivity contribution in [3.05, 3.63) is 63.7 Å². The first kappa shape index (κ1) is 18.3. The van der Waals surface area contributed by atoms with Gasteiger partial charge in [0.05, 0.1) is 18.6 Å². The van der Waals surface area contributed by atoms with Gasteiger partial charge < -0.3 is 14.4 Å². The predicted molar refractivity (Wildman–Crippen MR) is 93.3 cm³/mol. The van der Waals surface area contributed by atoms with Gasteiger partial charge in [0.1, 0.15) is 12.4 Å². The van der Waals surface area contributed by atoms with Crippen molar-refractivity contribution in [2.75, 3.05) is 27.3 Å². The quantitative estimate of drug-likeness (QED) is 0.569. The van der Waals surface area contributed by atoms with Crippen LogP contribution in [0.1, 0.15) is 15.9 Å². The lowest BCUT2D eigenvalue weighted by Crippen LogP contribution is -2.31. The van der Waals surface area contributed by atoms with Gasteiger partial charge >= 0.3 is 5.69 Å². The number of aryl methyl sites for hydroxylation is 1. The Bertz CT molecular complexity index is 776. The van der Waals surface area contributed by atoms with E-state index in [0.29, 0.717) is 13.2 Å². The molecular formula is C18H20N2O5. The third-order valence-corrected chi connectivity index (χ3v) is 3.75. The number of nitro benzene ring substituents is 1. The first-order valence-electron chi connectivity index (χ1n) is 7.70. The lowest BCUT2D eigenvalue weighted by atomic mass is 10.1. The molecule has 0 spiro atoms. The van der Waals surface area contributed by atoms with E-state index in [0.717, 1.165) is 11.3 Å². The van der Waals surface area contributed by atoms with Gasteiger partial charge in [-0.3, -0.25) is 14.9 Å². The van der Waals surface area contributed by atoms with Crippen LogP contribution in [-0.2, 0) is 0 Å². The molecule has 7 nitrogen and oxygen atoms in total. The maximum absolute atomic E-state index is 12.4. The number of nitrogens with zero attached hydrogens (tertiary/aromatic N) is 2. The van der Waals surface area contributed by atoms with E-state index in [2.05, 4.69) is 0 Å². The Labute approximate surface area is 145 Å². The van der Waals surface area contributed by atoms with E-state index < -0.39 is 4.92 Å². The van der Waals surface area contributed by atoms with Gasteiger partial charge in [-0.2, -0.15) is 0 Å². The molecule has 2 aromatic carbocycles. The SMILES string of the molecule is COc1ccc(C(=O)N(C)CCOc2ccccc2C)cc1[N+](=O)[O-]. The highest BCUT2D eigenvalue weighted by Crippen LogP contribution is 2.27. The van der Waals surface area contributed by atoms with Crippen LogP contribution < -0.4 is 9.47 Å². The zero-order valence-corrected chi connectivity index (χ0v) is 14.4. The van der Waals surface area contributed by atoms with Crippen molar-refractivity contribution in [3.8, 4) is 11.5 Å². The summed E-state index contributed by atoms with van der Waals surface area (Å²) in [4.78, 5) is 24.4. The van der Waals surface area contributed by atoms with E-state index in [-0.39, 0.29) is 22.9 Å². The summed E-state index contributed by atoms with van der Waals surface area (Å²) in [6.07, 6.45) is 0. The Morgan fingerprint density at radius 1 is 1.20 bits per heavy atom. The molecule has 0 aliphatic rings. The normalized spacial score (nSPS) is 10.2. The number of methoxy groups -OCH3 is 1. The van der Waals surface area contributed by atoms with Crippen LogP contribution in [0.5, 0.6) is 11.5 Å². The fourth-order valence-corrected chi connectivity index (χ4v) is 2.30. The molecule has 0 aliphatic carbocycles. The van der Waals surface area contributed by atoms with Gasteiger partial charge in [-0.1, -0.05) is 18.2 Å². The molecule has 0 radical (unpaired) electrons. The number of amides is 1. The Balaban J connectivity index is 2.01. The summed E-state index contributed by atoms with van der Waals surface area (Å²) in [7, 11) is 2.97. The second-order valence-electron chi connectivity index (χ2n) is 5.48. The van der Waals surface area contributed by atoms with Crippen molar-refractivity contribution in [1.82, 2.24) is 4.90 Å². The van der Waals surface area contributed by atoms with Crippen LogP contribution >= 0.6 is 0 Å². The fourth-order valence-electron chi connectivity index (χ4n) is 2.30. The molecule has 0 saturated heterocycles. The number of hydrogen-bond donors (Lipinski definition) is 0. The summed E-state index contributed by atoms with van der Waals surface area (Å²) in [6, 6.07) is 11.8. The summed E-state index contributed by atoms with van der Waals surface area (Å²) in [5, 5.41) is 11.1. The van der Waals surface area contributed by atoms with E-state index in [9.17, 15) is 14.9 Å². The highest BCUT2D eigenvalue weighted by atomic mass is 16.6. The second kappa shape index (κ2) is 8.14. The Kier molecular flexibility index (Phi) is 5.94. The van der Waals surface area contributed by atoms with Gasteiger partial charge in [-0.25, -0.2) is 0 Å². The molecule has 0 unspecified atom stereocenters. The van der Waals surface area contributed by atoms with Gasteiger partial charge in [-0.05, 0) is 30.7 Å². The molecule has 132 valence electrons. The number of ether oxygens (including phenoxy) is 2. The van der Waals surface area contributed by atoms with Crippen molar-refractivity contribution in [3.63, 3.8) is 0 Å². The number of carbonyl (C=O) groups excluding carboxylic acids is 1. The van der Waals surface area contributed by atoms with Crippen molar-refractivity contribution in [1.29, 1.82) is 0 Å².